The topological polar surface area (TPSA) is 3.24 Å². The highest BCUT2D eigenvalue weighted by Crippen LogP contribution is 2.02. The second-order valence-electron chi connectivity index (χ2n) is 4.43. The zero-order chi connectivity index (χ0) is 12.4. The zero-order valence-electron chi connectivity index (χ0n) is 11.7. The molecule has 0 amide bonds. The van der Waals surface area contributed by atoms with Gasteiger partial charge in [-0.2, -0.15) is 0 Å². The van der Waals surface area contributed by atoms with E-state index in [1.54, 1.807) is 0 Å². The lowest BCUT2D eigenvalue weighted by atomic mass is 10.2. The molecule has 0 saturated carbocycles. The fourth-order valence-electron chi connectivity index (χ4n) is 1.62. The Morgan fingerprint density at radius 3 is 1.27 bits per heavy atom. The van der Waals surface area contributed by atoms with Crippen LogP contribution in [0.4, 0.5) is 0 Å². The van der Waals surface area contributed by atoms with Crippen LogP contribution in [0.25, 0.3) is 0 Å². The molecule has 0 aromatic carbocycles. The fourth-order valence-corrected chi connectivity index (χ4v) is 2.19. The van der Waals surface area contributed by atoms with Crippen molar-refractivity contribution in [3.63, 3.8) is 0 Å². The summed E-state index contributed by atoms with van der Waals surface area (Å²) < 4.78 is 0. The van der Waals surface area contributed by atoms with E-state index in [0.717, 1.165) is 6.54 Å². The van der Waals surface area contributed by atoms with Crippen LogP contribution in [0.15, 0.2) is 0 Å². The van der Waals surface area contributed by atoms with Gasteiger partial charge in [-0.3, -0.25) is 14.9 Å². The molecular weight excluding hydrogens is 221 g/mol. The highest BCUT2D eigenvalue weighted by Gasteiger charge is 2.09. The van der Waals surface area contributed by atoms with Crippen molar-refractivity contribution >= 4 is 23.3 Å². The average Bonchev–Trinajstić information content (AvgIpc) is 2.17. The second kappa shape index (κ2) is 11.3. The molecule has 0 bridgehead atoms. The van der Waals surface area contributed by atoms with Gasteiger partial charge in [-0.05, 0) is 34.2 Å². The molecule has 0 aliphatic rings. The summed E-state index contributed by atoms with van der Waals surface area (Å²) in [5, 5.41) is 2.47. The molecule has 0 N–H and O–H groups in total. The van der Waals surface area contributed by atoms with Crippen LogP contribution in [0.2, 0.25) is 10.6 Å². The minimum absolute atomic E-state index is 0.688. The molecule has 92 valence electrons. The summed E-state index contributed by atoms with van der Waals surface area (Å²) in [6.45, 7) is 16.6. The van der Waals surface area contributed by atoms with Crippen molar-refractivity contribution in [3.05, 3.63) is 0 Å². The molecular formula is C12H29AlClN. The van der Waals surface area contributed by atoms with Gasteiger partial charge in [-0.1, -0.05) is 31.3 Å². The first-order chi connectivity index (χ1) is 6.90. The van der Waals surface area contributed by atoms with Gasteiger partial charge >= 0.3 is 13.2 Å². The van der Waals surface area contributed by atoms with E-state index in [1.165, 1.54) is 10.6 Å². The van der Waals surface area contributed by atoms with Gasteiger partial charge in [0.2, 0.25) is 0 Å². The quantitative estimate of drug-likeness (QED) is 0.654. The van der Waals surface area contributed by atoms with Gasteiger partial charge in [0.15, 0.2) is 0 Å². The van der Waals surface area contributed by atoms with Crippen LogP contribution >= 0.6 is 10.0 Å². The van der Waals surface area contributed by atoms with Crippen molar-refractivity contribution in [3.8, 4) is 0 Å². The number of rotatable bonds is 5. The van der Waals surface area contributed by atoms with Crippen LogP contribution in [0.1, 0.15) is 48.5 Å². The minimum Gasteiger partial charge on any atom is -0.299 e. The van der Waals surface area contributed by atoms with Crippen LogP contribution in [-0.4, -0.2) is 36.8 Å². The van der Waals surface area contributed by atoms with Crippen LogP contribution in [0.3, 0.4) is 0 Å². The SMILES string of the molecule is CCN(C(C)C)C(C)C.C[CH2][Al]([Cl])[CH2]C. The van der Waals surface area contributed by atoms with Crippen LogP contribution in [-0.2, 0) is 0 Å². The summed E-state index contributed by atoms with van der Waals surface area (Å²) in [6, 6.07) is 1.38. The molecule has 3 heteroatoms. The van der Waals surface area contributed by atoms with Crippen molar-refractivity contribution in [1.29, 1.82) is 0 Å². The molecule has 0 aromatic rings. The summed E-state index contributed by atoms with van der Waals surface area (Å²) in [5.41, 5.74) is 0. The number of nitrogens with zero attached hydrogens (tertiary/aromatic N) is 1. The van der Waals surface area contributed by atoms with E-state index in [1.807, 2.05) is 0 Å². The van der Waals surface area contributed by atoms with E-state index in [4.69, 9.17) is 10.0 Å². The first-order valence-electron chi connectivity index (χ1n) is 6.30. The Morgan fingerprint density at radius 2 is 1.27 bits per heavy atom. The number of hydrogen-bond acceptors (Lipinski definition) is 1. The zero-order valence-corrected chi connectivity index (χ0v) is 13.6. The highest BCUT2D eigenvalue weighted by atomic mass is 35.6. The van der Waals surface area contributed by atoms with Crippen LogP contribution in [0.5, 0.6) is 0 Å². The molecule has 0 rings (SSSR count). The summed E-state index contributed by atoms with van der Waals surface area (Å²) in [4.78, 5) is 2.46. The highest BCUT2D eigenvalue weighted by molar-refractivity contribution is 7.06. The normalized spacial score (nSPS) is 10.6. The molecule has 0 aliphatic carbocycles. The molecule has 0 aromatic heterocycles. The van der Waals surface area contributed by atoms with E-state index in [0.29, 0.717) is 12.1 Å². The van der Waals surface area contributed by atoms with E-state index in [2.05, 4.69) is 53.4 Å². The maximum absolute atomic E-state index is 5.79. The van der Waals surface area contributed by atoms with Gasteiger partial charge < -0.3 is 0 Å². The second-order valence-corrected chi connectivity index (χ2v) is 9.11. The minimum atomic E-state index is -0.688. The number of halogens is 1. The van der Waals surface area contributed by atoms with Crippen molar-refractivity contribution in [1.82, 2.24) is 4.90 Å². The summed E-state index contributed by atoms with van der Waals surface area (Å²) in [6.07, 6.45) is 0. The molecule has 0 saturated heterocycles. The third-order valence-electron chi connectivity index (χ3n) is 2.58. The predicted octanol–water partition coefficient (Wildman–Crippen LogP) is 4.38. The third kappa shape index (κ3) is 11.1. The van der Waals surface area contributed by atoms with Gasteiger partial charge in [0.25, 0.3) is 0 Å². The Balaban J connectivity index is 0. The van der Waals surface area contributed by atoms with Gasteiger partial charge in [0.1, 0.15) is 0 Å². The molecule has 1 nitrogen and oxygen atoms in total. The molecule has 0 aliphatic heterocycles. The van der Waals surface area contributed by atoms with E-state index < -0.39 is 13.2 Å². The Hall–Kier alpha value is 0.782. The molecule has 15 heavy (non-hydrogen) atoms. The van der Waals surface area contributed by atoms with Gasteiger partial charge in [-0.15, -0.1) is 0 Å². The van der Waals surface area contributed by atoms with Crippen LogP contribution in [0, 0.1) is 0 Å². The van der Waals surface area contributed by atoms with E-state index >= 15 is 0 Å². The summed E-state index contributed by atoms with van der Waals surface area (Å²) >= 11 is -0.688. The molecule has 0 spiro atoms. The first kappa shape index (κ1) is 18.2. The molecule has 0 radical (unpaired) electrons. The lowest BCUT2D eigenvalue weighted by molar-refractivity contribution is 0.185. The lowest BCUT2D eigenvalue weighted by Gasteiger charge is -2.28. The lowest BCUT2D eigenvalue weighted by Crippen LogP contribution is -2.36. The summed E-state index contributed by atoms with van der Waals surface area (Å²) in [5.74, 6) is 0. The maximum Gasteiger partial charge on any atom is 0.399 e. The Kier molecular flexibility index (Phi) is 13.6. The Labute approximate surface area is 106 Å². The maximum atomic E-state index is 5.79. The first-order valence-corrected chi connectivity index (χ1v) is 9.68. The fraction of sp³-hybridized carbons (Fsp3) is 1.00. The molecule has 0 unspecified atom stereocenters. The monoisotopic (exact) mass is 249 g/mol. The predicted molar refractivity (Wildman–Crippen MR) is 75.2 cm³/mol. The van der Waals surface area contributed by atoms with Gasteiger partial charge in [-0.25, -0.2) is 0 Å². The molecule has 0 fully saturated rings. The standard InChI is InChI=1S/C8H19N.2C2H5.Al.ClH/c1-6-9(7(2)3)8(4)5;2*1-2;;/h7-8H,6H2,1-5H3;2*1H2,2H3;;1H/q;;;+1;/p-1. The number of hydrogen-bond donors (Lipinski definition) is 0. The van der Waals surface area contributed by atoms with Crippen molar-refractivity contribution < 1.29 is 0 Å². The largest absolute Gasteiger partial charge is 0.399 e. The van der Waals surface area contributed by atoms with Gasteiger partial charge in [0.05, 0.1) is 0 Å². The molecule has 0 heterocycles. The molecule has 0 atom stereocenters. The van der Waals surface area contributed by atoms with Crippen molar-refractivity contribution in [2.75, 3.05) is 6.54 Å². The summed E-state index contributed by atoms with van der Waals surface area (Å²) in [7, 11) is 5.79. The Morgan fingerprint density at radius 1 is 0.933 bits per heavy atom. The van der Waals surface area contributed by atoms with Crippen LogP contribution < -0.4 is 0 Å². The Bertz CT molecular complexity index is 117. The van der Waals surface area contributed by atoms with Gasteiger partial charge in [0, 0.05) is 12.1 Å². The average molecular weight is 250 g/mol. The third-order valence-corrected chi connectivity index (χ3v) is 6.20. The van der Waals surface area contributed by atoms with E-state index in [9.17, 15) is 0 Å². The smallest absolute Gasteiger partial charge is 0.299 e. The van der Waals surface area contributed by atoms with E-state index in [-0.39, 0.29) is 0 Å². The van der Waals surface area contributed by atoms with Crippen molar-refractivity contribution in [2.24, 2.45) is 0 Å². The van der Waals surface area contributed by atoms with Crippen molar-refractivity contribution in [2.45, 2.75) is 71.1 Å².